The van der Waals surface area contributed by atoms with Crippen molar-refractivity contribution in [2.45, 2.75) is 179 Å². The van der Waals surface area contributed by atoms with Crippen LogP contribution in [0.4, 0.5) is 14.6 Å². The topological polar surface area (TPSA) is 213 Å². The molecule has 98 heavy (non-hydrogen) atoms. The minimum atomic E-state index is -2.88. The number of pyridine rings is 1. The Bertz CT molecular complexity index is 4500. The monoisotopic (exact) mass is 1400 g/mol. The molecule has 2 aromatic carbocycles. The molecule has 15 rings (SSSR count). The molecule has 2 aliphatic carbocycles. The molecule has 18 nitrogen and oxygen atoms in total. The number of aliphatic hydroxyl groups excluding tert-OH is 1. The average Bonchev–Trinajstić information content (AvgIpc) is 1.55. The number of aliphatic hydroxyl groups is 1. The number of thiazole rings is 1. The van der Waals surface area contributed by atoms with Gasteiger partial charge in [-0.2, -0.15) is 15.1 Å². The van der Waals surface area contributed by atoms with E-state index in [2.05, 4.69) is 111 Å². The summed E-state index contributed by atoms with van der Waals surface area (Å²) in [5.41, 5.74) is 12.8. The van der Waals surface area contributed by atoms with Gasteiger partial charge in [0.15, 0.2) is 5.76 Å². The first-order valence-electron chi connectivity index (χ1n) is 35.2. The summed E-state index contributed by atoms with van der Waals surface area (Å²) in [6.45, 7) is 23.7. The first-order chi connectivity index (χ1) is 47.1. The van der Waals surface area contributed by atoms with Gasteiger partial charge in [0, 0.05) is 107 Å². The number of hydrogen-bond acceptors (Lipinski definition) is 18. The van der Waals surface area contributed by atoms with Gasteiger partial charge in [-0.15, -0.1) is 39.6 Å². The Morgan fingerprint density at radius 2 is 1.66 bits per heavy atom. The van der Waals surface area contributed by atoms with Crippen LogP contribution >= 0.6 is 34.0 Å². The highest BCUT2D eigenvalue weighted by atomic mass is 32.1. The van der Waals surface area contributed by atoms with Crippen LogP contribution in [0.1, 0.15) is 142 Å². The van der Waals surface area contributed by atoms with Crippen molar-refractivity contribution in [3.63, 3.8) is 0 Å². The third-order valence-electron chi connectivity index (χ3n) is 22.9. The van der Waals surface area contributed by atoms with E-state index in [1.807, 2.05) is 62.9 Å². The summed E-state index contributed by atoms with van der Waals surface area (Å²) in [7, 11) is -2.07. The number of aromatic amines is 1. The van der Waals surface area contributed by atoms with E-state index in [9.17, 15) is 14.7 Å². The van der Waals surface area contributed by atoms with Gasteiger partial charge in [-0.05, 0) is 127 Å². The number of anilines is 1. The number of likely N-dealkylation sites (tertiary alicyclic amines) is 2. The number of nitrogens with zero attached hydrogens (tertiary/aromatic N) is 9. The maximum Gasteiger partial charge on any atom is 0.319 e. The number of aryl methyl sites for hydroxylation is 1. The highest BCUT2D eigenvalue weighted by Crippen LogP contribution is 2.62. The van der Waals surface area contributed by atoms with E-state index in [1.165, 1.54) is 4.90 Å². The summed E-state index contributed by atoms with van der Waals surface area (Å²) in [5, 5.41) is 35.7. The van der Waals surface area contributed by atoms with Crippen LogP contribution in [0, 0.1) is 41.1 Å². The van der Waals surface area contributed by atoms with E-state index in [4.69, 9.17) is 28.9 Å². The van der Waals surface area contributed by atoms with Crippen LogP contribution in [0.25, 0.3) is 63.0 Å². The van der Waals surface area contributed by atoms with Gasteiger partial charge in [0.25, 0.3) is 11.8 Å². The summed E-state index contributed by atoms with van der Waals surface area (Å²) in [6, 6.07) is 13.8. The zero-order valence-corrected chi connectivity index (χ0v) is 60.8. The Hall–Kier alpha value is -6.98. The predicted octanol–water partition coefficient (Wildman–Crippen LogP) is 14.3. The molecule has 516 valence electrons. The minimum absolute atomic E-state index is 0.0389. The van der Waals surface area contributed by atoms with Gasteiger partial charge < -0.3 is 44.4 Å². The molecule has 2 bridgehead atoms. The number of thiophene rings is 2. The quantitative estimate of drug-likeness (QED) is 0.0389. The van der Waals surface area contributed by atoms with Gasteiger partial charge in [-0.1, -0.05) is 85.6 Å². The highest BCUT2D eigenvalue weighted by Gasteiger charge is 2.72. The maximum absolute atomic E-state index is 16.0. The number of aromatic nitrogens is 7. The maximum atomic E-state index is 16.0. The van der Waals surface area contributed by atoms with Crippen LogP contribution < -0.4 is 25.0 Å². The number of amides is 2. The number of hydrogen-bond donors (Lipinski definition) is 4. The van der Waals surface area contributed by atoms with Crippen molar-refractivity contribution in [2.24, 2.45) is 22.7 Å². The summed E-state index contributed by atoms with van der Waals surface area (Å²) >= 11 is 4.84. The Kier molecular flexibility index (Phi) is 17.9. The largest absolute Gasteiger partial charge is 0.475 e. The zero-order valence-electron chi connectivity index (χ0n) is 57.3. The fourth-order valence-corrected chi connectivity index (χ4v) is 25.7. The van der Waals surface area contributed by atoms with Crippen molar-refractivity contribution in [2.75, 3.05) is 57.4 Å². The van der Waals surface area contributed by atoms with Crippen LogP contribution in [-0.2, 0) is 16.1 Å². The lowest BCUT2D eigenvalue weighted by atomic mass is 9.57. The second kappa shape index (κ2) is 26.2. The number of carbonyl (C=O) groups excluding carboxylic acids is 2. The smallest absolute Gasteiger partial charge is 0.319 e. The first-order valence-corrected chi connectivity index (χ1v) is 40.0. The molecular weight excluding hydrogens is 1320 g/mol. The molecule has 24 heteroatoms. The number of fused-ring (bicyclic) bond motifs is 7. The zero-order chi connectivity index (χ0) is 68.2. The van der Waals surface area contributed by atoms with Gasteiger partial charge in [-0.25, -0.2) is 13.8 Å². The van der Waals surface area contributed by atoms with E-state index in [0.717, 1.165) is 157 Å². The lowest BCUT2D eigenvalue weighted by Crippen LogP contribution is -2.51. The molecule has 6 atom stereocenters. The van der Waals surface area contributed by atoms with Crippen molar-refractivity contribution in [3.8, 4) is 45.1 Å². The lowest BCUT2D eigenvalue weighted by molar-refractivity contribution is -0.141. The number of benzene rings is 2. The van der Waals surface area contributed by atoms with Crippen LogP contribution in [0.3, 0.4) is 0 Å². The minimum Gasteiger partial charge on any atom is -0.475 e. The van der Waals surface area contributed by atoms with Gasteiger partial charge >= 0.3 is 6.01 Å². The Balaban J connectivity index is 0.587. The number of piperazine rings is 1. The molecule has 11 heterocycles. The first kappa shape index (κ1) is 66.9. The Morgan fingerprint density at radius 1 is 0.918 bits per heavy atom. The molecule has 4 N–H and O–H groups in total. The summed E-state index contributed by atoms with van der Waals surface area (Å²) in [5.74, 6) is 1.22. The number of alkyl halides is 2. The van der Waals surface area contributed by atoms with Gasteiger partial charge in [-0.3, -0.25) is 19.7 Å². The standard InChI is InChI=1S/C74H88F2N12O6S3Si/c1-41(2)60(70(91)88-35-52(89)26-56(88)68(90)78-31-46-10-12-48(13-11-46)65-45(9)79-40-96-65)57-28-59(85-94-57)92-24-17-47-29-72(30-47)19-22-86(23-20-72)38-73(37-74(73,75)76)39-93-71-82-67(87-33-50-14-15-51(34-87)81-50)63-53-16-21-77-64(66(53)97-69(63)83-71)62-54-32-80-84-55(54)27-58-61(62)49(36-95-58)18-25-98(42(3)4,43(5)6)44(7)8/h10-13,16,21,27-28,32,36,40-44,47,50-52,56,60,81,89H,14-15,17,19-20,22-24,26,29-31,33-35,37-39H2,1-9H3,(H,78,90)(H,80,84)/t50?,51?,52-,56+,60?,73-/m1/s1. The van der Waals surface area contributed by atoms with Crippen molar-refractivity contribution in [3.05, 3.63) is 88.3 Å². The molecule has 4 aliphatic heterocycles. The summed E-state index contributed by atoms with van der Waals surface area (Å²) in [6.07, 6.45) is 9.82. The summed E-state index contributed by atoms with van der Waals surface area (Å²) in [4.78, 5) is 55.8. The number of halogens is 2. The number of nitrogens with one attached hydrogen (secondary N) is 3. The van der Waals surface area contributed by atoms with E-state index in [-0.39, 0.29) is 68.2 Å². The van der Waals surface area contributed by atoms with Gasteiger partial charge in [0.1, 0.15) is 37.3 Å². The Morgan fingerprint density at radius 3 is 2.36 bits per heavy atom. The lowest BCUT2D eigenvalue weighted by Gasteiger charge is -2.52. The number of carbonyl (C=O) groups is 2. The number of ether oxygens (including phenoxy) is 2. The predicted molar refractivity (Wildman–Crippen MR) is 386 cm³/mol. The number of β-amino-alcohol motifs (C(OH)–C–C–N with tert-alkyl or cyclic N) is 1. The number of rotatable bonds is 21. The Labute approximate surface area is 583 Å². The molecule has 6 fully saturated rings. The second-order valence-corrected chi connectivity index (χ2v) is 38.8. The molecule has 1 spiro atoms. The fraction of sp³-hybridized carbons (Fsp3) is 0.541. The second-order valence-electron chi connectivity index (χ2n) is 30.4. The van der Waals surface area contributed by atoms with E-state index >= 15 is 8.78 Å². The SMILES string of the molecule is Cc1ncsc1-c1ccc(CNC(=O)[C@@H]2C[C@@H](O)CN2C(=O)C(c2cc(OCCC3CC4(CCN(C[C@@]5(COc6nc(N7CC8CCC(C7)N8)c7c(n6)sc6c(-c8c9cn[nH]c9cc9scc(C#C[Si](C(C)C)(C(C)C)C(C)C)c89)nccc67)CC5(F)F)CC4)C3)no2)C(C)C)cc1. The van der Waals surface area contributed by atoms with Crippen LogP contribution in [0.15, 0.2) is 70.3 Å². The molecule has 7 aromatic heterocycles. The summed E-state index contributed by atoms with van der Waals surface area (Å²) < 4.78 is 52.6. The van der Waals surface area contributed by atoms with Crippen molar-refractivity contribution in [1.29, 1.82) is 0 Å². The third kappa shape index (κ3) is 12.3. The number of H-pyrrole nitrogens is 1. The van der Waals surface area contributed by atoms with Crippen LogP contribution in [0.2, 0.25) is 16.6 Å². The van der Waals surface area contributed by atoms with Gasteiger partial charge in [0.05, 0.1) is 61.7 Å². The van der Waals surface area contributed by atoms with Gasteiger partial charge in [0.2, 0.25) is 11.8 Å². The fourth-order valence-electron chi connectivity index (χ4n) is 17.6. The molecule has 9 aromatic rings. The molecule has 4 saturated heterocycles. The molecule has 3 unspecified atom stereocenters. The van der Waals surface area contributed by atoms with Crippen molar-refractivity contribution in [1.82, 2.24) is 55.7 Å². The van der Waals surface area contributed by atoms with Crippen LogP contribution in [0.5, 0.6) is 11.9 Å². The van der Waals surface area contributed by atoms with Crippen LogP contribution in [-0.4, -0.2) is 153 Å². The van der Waals surface area contributed by atoms with E-state index in [0.29, 0.717) is 52.9 Å². The normalized spacial score (nSPS) is 22.7. The van der Waals surface area contributed by atoms with Crippen molar-refractivity contribution >= 4 is 101 Å². The molecule has 2 amide bonds. The van der Waals surface area contributed by atoms with E-state index < -0.39 is 37.5 Å². The molecule has 0 radical (unpaired) electrons. The van der Waals surface area contributed by atoms with E-state index in [1.54, 1.807) is 40.1 Å². The van der Waals surface area contributed by atoms with Crippen molar-refractivity contribution < 1.29 is 37.5 Å². The third-order valence-corrected chi connectivity index (χ3v) is 32.2. The number of piperidine rings is 1. The molecule has 2 saturated carbocycles. The average molecular weight is 1400 g/mol. The molecular formula is C74H88F2N12O6S3Si. The highest BCUT2D eigenvalue weighted by molar-refractivity contribution is 7.26. The molecule has 6 aliphatic rings.